The van der Waals surface area contributed by atoms with Gasteiger partial charge in [0.25, 0.3) is 0 Å². The lowest BCUT2D eigenvalue weighted by Gasteiger charge is -2.19. The smallest absolute Gasteiger partial charge is 0.357 e. The predicted octanol–water partition coefficient (Wildman–Crippen LogP) is 3.32. The molecule has 0 radical (unpaired) electrons. The van der Waals surface area contributed by atoms with Crippen molar-refractivity contribution in [3.63, 3.8) is 0 Å². The molecule has 0 saturated heterocycles. The van der Waals surface area contributed by atoms with Gasteiger partial charge < -0.3 is 10.6 Å². The van der Waals surface area contributed by atoms with Crippen molar-refractivity contribution in [3.8, 4) is 11.4 Å². The zero-order valence-electron chi connectivity index (χ0n) is 18.5. The first-order valence-electron chi connectivity index (χ1n) is 10.7. The maximum absolute atomic E-state index is 13.1. The quantitative estimate of drug-likeness (QED) is 0.512. The fourth-order valence-corrected chi connectivity index (χ4v) is 3.79. The molecule has 1 fully saturated rings. The number of alkyl halides is 3. The summed E-state index contributed by atoms with van der Waals surface area (Å²) in [6, 6.07) is 9.44. The Morgan fingerprint density at radius 2 is 1.86 bits per heavy atom. The van der Waals surface area contributed by atoms with Crippen LogP contribution < -0.4 is 16.3 Å². The molecule has 0 aliphatic heterocycles. The van der Waals surface area contributed by atoms with Crippen LogP contribution >= 0.6 is 11.6 Å². The van der Waals surface area contributed by atoms with Gasteiger partial charge in [0.15, 0.2) is 5.82 Å². The van der Waals surface area contributed by atoms with Gasteiger partial charge in [-0.1, -0.05) is 23.7 Å². The van der Waals surface area contributed by atoms with Crippen molar-refractivity contribution >= 4 is 23.4 Å². The van der Waals surface area contributed by atoms with Crippen LogP contribution in [-0.2, 0) is 22.3 Å². The lowest BCUT2D eigenvalue weighted by molar-refractivity contribution is -0.137. The second-order valence-electron chi connectivity index (χ2n) is 8.11. The molecule has 0 bridgehead atoms. The van der Waals surface area contributed by atoms with Crippen LogP contribution in [0.1, 0.15) is 36.1 Å². The van der Waals surface area contributed by atoms with Crippen LogP contribution in [-0.4, -0.2) is 33.2 Å². The van der Waals surface area contributed by atoms with Gasteiger partial charge in [-0.25, -0.2) is 9.48 Å². The first kappa shape index (κ1) is 24.5. The monoisotopic (exact) mass is 507 g/mol. The summed E-state index contributed by atoms with van der Waals surface area (Å²) in [7, 11) is 1.30. The Bertz CT molecular complexity index is 1310. The number of nitrogens with zero attached hydrogens (tertiary/aromatic N) is 3. The molecule has 2 aromatic carbocycles. The minimum Gasteiger partial charge on any atom is -0.357 e. The van der Waals surface area contributed by atoms with Gasteiger partial charge in [-0.3, -0.25) is 14.2 Å². The molecule has 1 aliphatic carbocycles. The van der Waals surface area contributed by atoms with Gasteiger partial charge in [0.05, 0.1) is 5.56 Å². The molecule has 1 heterocycles. The van der Waals surface area contributed by atoms with Crippen LogP contribution in [0.5, 0.6) is 0 Å². The maximum Gasteiger partial charge on any atom is 0.416 e. The fraction of sp³-hybridized carbons (Fsp3) is 0.304. The third-order valence-corrected chi connectivity index (χ3v) is 5.79. The third-order valence-electron chi connectivity index (χ3n) is 5.54. The minimum absolute atomic E-state index is 0.0336. The summed E-state index contributed by atoms with van der Waals surface area (Å²) in [6.45, 7) is -0.522. The average Bonchev–Trinajstić information content (AvgIpc) is 3.61. The van der Waals surface area contributed by atoms with Crippen LogP contribution in [0.3, 0.4) is 0 Å². The van der Waals surface area contributed by atoms with Crippen LogP contribution in [0.2, 0.25) is 5.02 Å². The Morgan fingerprint density at radius 1 is 1.17 bits per heavy atom. The summed E-state index contributed by atoms with van der Waals surface area (Å²) in [6.07, 6.45) is -3.02. The van der Waals surface area contributed by atoms with Crippen molar-refractivity contribution in [2.24, 2.45) is 0 Å². The number of amides is 2. The largest absolute Gasteiger partial charge is 0.416 e. The fourth-order valence-electron chi connectivity index (χ4n) is 3.66. The van der Waals surface area contributed by atoms with E-state index in [2.05, 4.69) is 15.7 Å². The van der Waals surface area contributed by atoms with Gasteiger partial charge in [-0.05, 0) is 54.8 Å². The zero-order chi connectivity index (χ0) is 25.3. The number of nitrogens with one attached hydrogen (secondary N) is 2. The normalized spacial score (nSPS) is 14.4. The van der Waals surface area contributed by atoms with E-state index in [0.29, 0.717) is 16.4 Å². The summed E-state index contributed by atoms with van der Waals surface area (Å²) < 4.78 is 41.9. The number of carbonyl (C=O) groups is 2. The van der Waals surface area contributed by atoms with Crippen molar-refractivity contribution in [1.82, 2.24) is 25.0 Å². The lowest BCUT2D eigenvalue weighted by atomic mass is 10.0. The average molecular weight is 508 g/mol. The second kappa shape index (κ2) is 9.57. The summed E-state index contributed by atoms with van der Waals surface area (Å²) in [5, 5.41) is 9.58. The molecule has 0 spiro atoms. The molecule has 4 rings (SSSR count). The van der Waals surface area contributed by atoms with Gasteiger partial charge in [0.1, 0.15) is 12.6 Å². The van der Waals surface area contributed by atoms with Gasteiger partial charge in [-0.2, -0.15) is 13.2 Å². The lowest BCUT2D eigenvalue weighted by Crippen LogP contribution is -2.41. The third kappa shape index (κ3) is 5.40. The van der Waals surface area contributed by atoms with Crippen molar-refractivity contribution in [2.75, 3.05) is 7.05 Å². The van der Waals surface area contributed by atoms with E-state index in [1.807, 2.05) is 0 Å². The highest BCUT2D eigenvalue weighted by Crippen LogP contribution is 2.36. The number of benzene rings is 2. The molecule has 8 nitrogen and oxygen atoms in total. The second-order valence-corrected chi connectivity index (χ2v) is 8.55. The molecule has 184 valence electrons. The van der Waals surface area contributed by atoms with Gasteiger partial charge >= 0.3 is 11.9 Å². The first-order chi connectivity index (χ1) is 16.6. The predicted molar refractivity (Wildman–Crippen MR) is 122 cm³/mol. The molecule has 2 N–H and O–H groups in total. The van der Waals surface area contributed by atoms with Gasteiger partial charge in [-0.15, -0.1) is 5.10 Å². The Labute approximate surface area is 202 Å². The number of rotatable bonds is 7. The van der Waals surface area contributed by atoms with E-state index in [9.17, 15) is 27.6 Å². The van der Waals surface area contributed by atoms with Crippen molar-refractivity contribution < 1.29 is 22.8 Å². The number of carbonyl (C=O) groups excluding carboxylic acids is 2. The minimum atomic E-state index is -4.62. The van der Waals surface area contributed by atoms with Crippen LogP contribution in [0.4, 0.5) is 13.2 Å². The summed E-state index contributed by atoms with van der Waals surface area (Å²) >= 11 is 5.95. The highest BCUT2D eigenvalue weighted by molar-refractivity contribution is 6.30. The van der Waals surface area contributed by atoms with E-state index >= 15 is 0 Å². The Morgan fingerprint density at radius 3 is 2.46 bits per heavy atom. The van der Waals surface area contributed by atoms with E-state index in [4.69, 9.17) is 11.6 Å². The highest BCUT2D eigenvalue weighted by atomic mass is 35.5. The summed E-state index contributed by atoms with van der Waals surface area (Å²) in [5.74, 6) is -1.10. The molecule has 3 aromatic rings. The molecule has 1 aromatic heterocycles. The Balaban J connectivity index is 1.60. The molecular formula is C23H21ClF3N5O3. The number of hydrogen-bond acceptors (Lipinski definition) is 4. The Kier molecular flexibility index (Phi) is 6.70. The van der Waals surface area contributed by atoms with Crippen LogP contribution in [0, 0.1) is 0 Å². The van der Waals surface area contributed by atoms with Crippen molar-refractivity contribution in [3.05, 3.63) is 75.2 Å². The van der Waals surface area contributed by atoms with Crippen LogP contribution in [0.25, 0.3) is 11.4 Å². The molecular weight excluding hydrogens is 487 g/mol. The highest BCUT2D eigenvalue weighted by Gasteiger charge is 2.33. The molecule has 35 heavy (non-hydrogen) atoms. The standard InChI is InChI=1S/C23H21ClF3N5O3/c1-28-21(34)19(14-3-2-4-15(11-14)23(25,26)27)29-18(33)12-31-22(35)32(17-9-10-17)20(30-31)13-5-7-16(24)8-6-13/h2-8,11,17,19H,9-10,12H2,1H3,(H,28,34)(H,29,33). The van der Waals surface area contributed by atoms with Crippen molar-refractivity contribution in [1.29, 1.82) is 0 Å². The number of hydrogen-bond donors (Lipinski definition) is 2. The zero-order valence-corrected chi connectivity index (χ0v) is 19.2. The summed E-state index contributed by atoms with van der Waals surface area (Å²) in [4.78, 5) is 38.2. The number of likely N-dealkylation sites (N-methyl/N-ethyl adjacent to an activating group) is 1. The van der Waals surface area contributed by atoms with Gasteiger partial charge in [0, 0.05) is 23.7 Å². The molecule has 1 saturated carbocycles. The van der Waals surface area contributed by atoms with E-state index in [1.54, 1.807) is 24.3 Å². The van der Waals surface area contributed by atoms with E-state index in [-0.39, 0.29) is 11.6 Å². The maximum atomic E-state index is 13.1. The number of halogens is 4. The SMILES string of the molecule is CNC(=O)C(NC(=O)Cn1nc(-c2ccc(Cl)cc2)n(C2CC2)c1=O)c1cccc(C(F)(F)F)c1. The molecule has 1 atom stereocenters. The van der Waals surface area contributed by atoms with E-state index < -0.39 is 41.8 Å². The molecule has 1 aliphatic rings. The topological polar surface area (TPSA) is 98.0 Å². The number of aromatic nitrogens is 3. The first-order valence-corrected chi connectivity index (χ1v) is 11.1. The van der Waals surface area contributed by atoms with Gasteiger partial charge in [0.2, 0.25) is 11.8 Å². The molecule has 12 heteroatoms. The van der Waals surface area contributed by atoms with E-state index in [0.717, 1.165) is 35.7 Å². The van der Waals surface area contributed by atoms with E-state index in [1.165, 1.54) is 17.7 Å². The molecule has 1 unspecified atom stereocenters. The Hall–Kier alpha value is -3.60. The summed E-state index contributed by atoms with van der Waals surface area (Å²) in [5.41, 5.74) is -0.858. The van der Waals surface area contributed by atoms with Crippen LogP contribution in [0.15, 0.2) is 53.3 Å². The molecule has 2 amide bonds. The van der Waals surface area contributed by atoms with Crippen molar-refractivity contribution in [2.45, 2.75) is 37.6 Å².